The highest BCUT2D eigenvalue weighted by Gasteiger charge is 2.13. The number of aryl methyl sites for hydroxylation is 2. The molecule has 0 saturated carbocycles. The molecule has 24 heavy (non-hydrogen) atoms. The summed E-state index contributed by atoms with van der Waals surface area (Å²) < 4.78 is 5.17. The highest BCUT2D eigenvalue weighted by atomic mass is 16.5. The summed E-state index contributed by atoms with van der Waals surface area (Å²) in [6.07, 6.45) is 1.42. The van der Waals surface area contributed by atoms with Gasteiger partial charge in [-0.25, -0.2) is 5.43 Å². The van der Waals surface area contributed by atoms with Crippen LogP contribution >= 0.6 is 0 Å². The van der Waals surface area contributed by atoms with Crippen LogP contribution < -0.4 is 15.5 Å². The number of hydrogen-bond acceptors (Lipinski definition) is 4. The number of amides is 2. The molecule has 0 unspecified atom stereocenters. The Kier molecular flexibility index (Phi) is 5.68. The molecule has 0 saturated heterocycles. The van der Waals surface area contributed by atoms with Crippen molar-refractivity contribution in [2.75, 3.05) is 12.4 Å². The molecule has 0 aliphatic heterocycles. The Morgan fingerprint density at radius 1 is 1.04 bits per heavy atom. The molecule has 0 spiro atoms. The second-order valence-electron chi connectivity index (χ2n) is 5.19. The van der Waals surface area contributed by atoms with E-state index in [4.69, 9.17) is 4.74 Å². The van der Waals surface area contributed by atoms with Crippen molar-refractivity contribution in [1.82, 2.24) is 5.43 Å². The molecule has 2 amide bonds. The number of nitrogens with zero attached hydrogens (tertiary/aromatic N) is 1. The average Bonchev–Trinajstić information content (AvgIpc) is 2.58. The van der Waals surface area contributed by atoms with E-state index in [0.717, 1.165) is 11.1 Å². The lowest BCUT2D eigenvalue weighted by Gasteiger charge is -2.06. The van der Waals surface area contributed by atoms with Gasteiger partial charge in [0.25, 0.3) is 0 Å². The van der Waals surface area contributed by atoms with E-state index in [0.29, 0.717) is 17.0 Å². The molecule has 0 aromatic heterocycles. The first-order chi connectivity index (χ1) is 11.5. The second-order valence-corrected chi connectivity index (χ2v) is 5.19. The number of benzene rings is 2. The van der Waals surface area contributed by atoms with Gasteiger partial charge in [0.15, 0.2) is 0 Å². The number of methoxy groups -OCH3 is 1. The number of carbonyl (C=O) groups excluding carboxylic acids is 2. The Labute approximate surface area is 140 Å². The first-order valence-corrected chi connectivity index (χ1v) is 7.36. The molecule has 0 aliphatic carbocycles. The quantitative estimate of drug-likeness (QED) is 0.515. The van der Waals surface area contributed by atoms with Crippen LogP contribution in [0.1, 0.15) is 16.7 Å². The number of ether oxygens (including phenoxy) is 1. The standard InChI is InChI=1S/C18H19N3O3/c1-12-8-9-15(10-13(12)2)20-17(22)18(23)21-19-11-14-6-4-5-7-16(14)24-3/h4-11H,1-3H3,(H,20,22)(H,21,23)/b19-11-. The molecule has 6 nitrogen and oxygen atoms in total. The number of hydrazone groups is 1. The monoisotopic (exact) mass is 325 g/mol. The van der Waals surface area contributed by atoms with Crippen LogP contribution in [0.5, 0.6) is 5.75 Å². The van der Waals surface area contributed by atoms with E-state index >= 15 is 0 Å². The van der Waals surface area contributed by atoms with Crippen molar-refractivity contribution in [3.63, 3.8) is 0 Å². The van der Waals surface area contributed by atoms with Crippen molar-refractivity contribution in [3.8, 4) is 5.75 Å². The third-order valence-corrected chi connectivity index (χ3v) is 3.48. The van der Waals surface area contributed by atoms with E-state index in [-0.39, 0.29) is 0 Å². The molecule has 124 valence electrons. The lowest BCUT2D eigenvalue weighted by molar-refractivity contribution is -0.136. The molecule has 0 fully saturated rings. The van der Waals surface area contributed by atoms with Gasteiger partial charge in [-0.05, 0) is 49.2 Å². The van der Waals surface area contributed by atoms with Crippen molar-refractivity contribution in [2.45, 2.75) is 13.8 Å². The van der Waals surface area contributed by atoms with Crippen LogP contribution in [-0.4, -0.2) is 25.1 Å². The highest BCUT2D eigenvalue weighted by molar-refractivity contribution is 6.39. The fourth-order valence-corrected chi connectivity index (χ4v) is 1.99. The zero-order valence-corrected chi connectivity index (χ0v) is 13.8. The van der Waals surface area contributed by atoms with Crippen LogP contribution in [0, 0.1) is 13.8 Å². The average molecular weight is 325 g/mol. The Morgan fingerprint density at radius 3 is 2.50 bits per heavy atom. The number of anilines is 1. The van der Waals surface area contributed by atoms with Crippen molar-refractivity contribution in [1.29, 1.82) is 0 Å². The maximum absolute atomic E-state index is 11.9. The molecule has 2 aromatic carbocycles. The minimum absolute atomic E-state index is 0.562. The molecule has 2 N–H and O–H groups in total. The minimum atomic E-state index is -0.848. The van der Waals surface area contributed by atoms with Crippen LogP contribution in [0.15, 0.2) is 47.6 Å². The Balaban J connectivity index is 1.95. The summed E-state index contributed by atoms with van der Waals surface area (Å²) in [6.45, 7) is 3.91. The normalized spacial score (nSPS) is 10.5. The van der Waals surface area contributed by atoms with Crippen LogP contribution in [0.4, 0.5) is 5.69 Å². The number of rotatable bonds is 4. The largest absolute Gasteiger partial charge is 0.496 e. The first-order valence-electron chi connectivity index (χ1n) is 7.36. The van der Waals surface area contributed by atoms with E-state index in [9.17, 15) is 9.59 Å². The van der Waals surface area contributed by atoms with E-state index in [1.807, 2.05) is 32.0 Å². The van der Waals surface area contributed by atoms with Crippen LogP contribution in [-0.2, 0) is 9.59 Å². The van der Waals surface area contributed by atoms with Gasteiger partial charge < -0.3 is 10.1 Å². The van der Waals surface area contributed by atoms with Crippen molar-refractivity contribution >= 4 is 23.7 Å². The first kappa shape index (κ1) is 17.2. The maximum Gasteiger partial charge on any atom is 0.329 e. The predicted molar refractivity (Wildman–Crippen MR) is 93.3 cm³/mol. The van der Waals surface area contributed by atoms with E-state index in [2.05, 4.69) is 15.8 Å². The fraction of sp³-hybridized carbons (Fsp3) is 0.167. The molecule has 0 atom stereocenters. The number of para-hydroxylation sites is 1. The summed E-state index contributed by atoms with van der Waals surface area (Å²) in [5.74, 6) is -1.01. The molecule has 0 bridgehead atoms. The van der Waals surface area contributed by atoms with Gasteiger partial charge in [-0.2, -0.15) is 5.10 Å². The SMILES string of the molecule is COc1ccccc1/C=N\NC(=O)C(=O)Nc1ccc(C)c(C)c1. The molecule has 0 aliphatic rings. The van der Waals surface area contributed by atoms with Gasteiger partial charge in [0.1, 0.15) is 5.75 Å². The summed E-state index contributed by atoms with van der Waals surface area (Å²) in [5, 5.41) is 6.31. The molecular formula is C18H19N3O3. The Hall–Kier alpha value is -3.15. The summed E-state index contributed by atoms with van der Waals surface area (Å²) in [4.78, 5) is 23.6. The lowest BCUT2D eigenvalue weighted by atomic mass is 10.1. The minimum Gasteiger partial charge on any atom is -0.496 e. The van der Waals surface area contributed by atoms with Gasteiger partial charge in [-0.15, -0.1) is 0 Å². The number of nitrogens with one attached hydrogen (secondary N) is 2. The summed E-state index contributed by atoms with van der Waals surface area (Å²) >= 11 is 0. The predicted octanol–water partition coefficient (Wildman–Crippen LogP) is 2.40. The van der Waals surface area contributed by atoms with Crippen LogP contribution in [0.2, 0.25) is 0 Å². The Morgan fingerprint density at radius 2 is 1.79 bits per heavy atom. The fourth-order valence-electron chi connectivity index (χ4n) is 1.99. The summed E-state index contributed by atoms with van der Waals surface area (Å²) in [6, 6.07) is 12.6. The smallest absolute Gasteiger partial charge is 0.329 e. The molecule has 6 heteroatoms. The van der Waals surface area contributed by atoms with Gasteiger partial charge in [-0.3, -0.25) is 9.59 Å². The molecular weight excluding hydrogens is 306 g/mol. The lowest BCUT2D eigenvalue weighted by Crippen LogP contribution is -2.32. The van der Waals surface area contributed by atoms with Gasteiger partial charge in [0.05, 0.1) is 13.3 Å². The summed E-state index contributed by atoms with van der Waals surface area (Å²) in [7, 11) is 1.54. The van der Waals surface area contributed by atoms with Gasteiger partial charge >= 0.3 is 11.8 Å². The Bertz CT molecular complexity index is 785. The summed E-state index contributed by atoms with van der Waals surface area (Å²) in [5.41, 5.74) is 5.58. The molecule has 2 rings (SSSR count). The van der Waals surface area contributed by atoms with Crippen LogP contribution in [0.3, 0.4) is 0 Å². The zero-order chi connectivity index (χ0) is 17.5. The zero-order valence-electron chi connectivity index (χ0n) is 13.8. The highest BCUT2D eigenvalue weighted by Crippen LogP contribution is 2.15. The van der Waals surface area contributed by atoms with Crippen molar-refractivity contribution < 1.29 is 14.3 Å². The van der Waals surface area contributed by atoms with Gasteiger partial charge in [0, 0.05) is 11.3 Å². The second kappa shape index (κ2) is 7.92. The molecule has 0 heterocycles. The van der Waals surface area contributed by atoms with Gasteiger partial charge in [0.2, 0.25) is 0 Å². The van der Waals surface area contributed by atoms with E-state index in [1.165, 1.54) is 6.21 Å². The third-order valence-electron chi connectivity index (χ3n) is 3.48. The van der Waals surface area contributed by atoms with Crippen molar-refractivity contribution in [2.24, 2.45) is 5.10 Å². The number of carbonyl (C=O) groups is 2. The van der Waals surface area contributed by atoms with E-state index in [1.54, 1.807) is 31.4 Å². The maximum atomic E-state index is 11.9. The molecule has 2 aromatic rings. The topological polar surface area (TPSA) is 79.8 Å². The molecule has 0 radical (unpaired) electrons. The van der Waals surface area contributed by atoms with Gasteiger partial charge in [-0.1, -0.05) is 18.2 Å². The van der Waals surface area contributed by atoms with Crippen molar-refractivity contribution in [3.05, 3.63) is 59.2 Å². The third kappa shape index (κ3) is 4.42. The van der Waals surface area contributed by atoms with E-state index < -0.39 is 11.8 Å². The van der Waals surface area contributed by atoms with Crippen LogP contribution in [0.25, 0.3) is 0 Å². The number of hydrogen-bond donors (Lipinski definition) is 2.